The maximum Gasteiger partial charge on any atom is 0.232 e. The summed E-state index contributed by atoms with van der Waals surface area (Å²) < 4.78 is 61.0. The van der Waals surface area contributed by atoms with Crippen molar-refractivity contribution in [3.8, 4) is 22.7 Å². The van der Waals surface area contributed by atoms with Gasteiger partial charge in [-0.2, -0.15) is 0 Å². The van der Waals surface area contributed by atoms with Crippen LogP contribution in [-0.2, 0) is 10.0 Å². The molecule has 3 aromatic rings. The van der Waals surface area contributed by atoms with Gasteiger partial charge in [-0.3, -0.25) is 9.71 Å². The highest BCUT2D eigenvalue weighted by molar-refractivity contribution is 7.92. The second-order valence-corrected chi connectivity index (χ2v) is 7.68. The van der Waals surface area contributed by atoms with Crippen molar-refractivity contribution in [1.29, 1.82) is 0 Å². The molecule has 0 atom stereocenters. The van der Waals surface area contributed by atoms with Gasteiger partial charge in [-0.25, -0.2) is 21.9 Å². The Hall–Kier alpha value is -3.08. The van der Waals surface area contributed by atoms with E-state index in [0.29, 0.717) is 23.4 Å². The standard InChI is InChI=1S/C17H17F2N5O3S/c1-3-6-28(25,26)22-14-5-4-13(18)17(16(14)19)24-10-15(21-23-24)11-7-12(27-2)9-20-8-11/h4-5,7-10,22H,3,6H2,1-2H3. The normalized spacial score (nSPS) is 11.4. The second-order valence-electron chi connectivity index (χ2n) is 5.84. The first-order valence-corrected chi connectivity index (χ1v) is 9.90. The van der Waals surface area contributed by atoms with Crippen LogP contribution in [0.3, 0.4) is 0 Å². The maximum atomic E-state index is 14.8. The third-order valence-electron chi connectivity index (χ3n) is 3.77. The van der Waals surface area contributed by atoms with E-state index < -0.39 is 27.3 Å². The number of methoxy groups -OCH3 is 1. The van der Waals surface area contributed by atoms with Crippen molar-refractivity contribution in [3.63, 3.8) is 0 Å². The molecule has 1 aromatic carbocycles. The van der Waals surface area contributed by atoms with E-state index in [9.17, 15) is 17.2 Å². The Kier molecular flexibility index (Phi) is 5.54. The number of ether oxygens (including phenoxy) is 1. The molecule has 0 amide bonds. The molecule has 11 heteroatoms. The lowest BCUT2D eigenvalue weighted by Crippen LogP contribution is -2.18. The zero-order valence-electron chi connectivity index (χ0n) is 15.1. The largest absolute Gasteiger partial charge is 0.495 e. The third-order valence-corrected chi connectivity index (χ3v) is 5.25. The fourth-order valence-corrected chi connectivity index (χ4v) is 3.63. The summed E-state index contributed by atoms with van der Waals surface area (Å²) in [5, 5.41) is 7.65. The number of hydrogen-bond acceptors (Lipinski definition) is 6. The zero-order chi connectivity index (χ0) is 20.3. The van der Waals surface area contributed by atoms with E-state index in [1.54, 1.807) is 13.0 Å². The molecule has 1 N–H and O–H groups in total. The van der Waals surface area contributed by atoms with Crippen molar-refractivity contribution in [2.75, 3.05) is 17.6 Å². The number of nitrogens with one attached hydrogen (secondary N) is 1. The van der Waals surface area contributed by atoms with Gasteiger partial charge in [0.25, 0.3) is 0 Å². The van der Waals surface area contributed by atoms with Crippen molar-refractivity contribution in [2.24, 2.45) is 0 Å². The lowest BCUT2D eigenvalue weighted by molar-refractivity contribution is 0.413. The average Bonchev–Trinajstić information content (AvgIpc) is 3.14. The number of anilines is 1. The van der Waals surface area contributed by atoms with E-state index in [1.807, 2.05) is 0 Å². The Labute approximate surface area is 160 Å². The second kappa shape index (κ2) is 7.89. The monoisotopic (exact) mass is 409 g/mol. The summed E-state index contributed by atoms with van der Waals surface area (Å²) in [4.78, 5) is 3.99. The van der Waals surface area contributed by atoms with Gasteiger partial charge in [0, 0.05) is 11.8 Å². The molecule has 2 heterocycles. The van der Waals surface area contributed by atoms with E-state index in [1.165, 1.54) is 25.7 Å². The molecule has 3 rings (SSSR count). The molecule has 2 aromatic heterocycles. The van der Waals surface area contributed by atoms with Crippen molar-refractivity contribution in [2.45, 2.75) is 13.3 Å². The molecular weight excluding hydrogens is 392 g/mol. The van der Waals surface area contributed by atoms with Crippen molar-refractivity contribution >= 4 is 15.7 Å². The summed E-state index contributed by atoms with van der Waals surface area (Å²) in [5.41, 5.74) is -0.0790. The number of aromatic nitrogens is 4. The molecule has 148 valence electrons. The fourth-order valence-electron chi connectivity index (χ4n) is 2.49. The summed E-state index contributed by atoms with van der Waals surface area (Å²) in [6.07, 6.45) is 4.66. The first-order chi connectivity index (χ1) is 13.3. The van der Waals surface area contributed by atoms with Crippen LogP contribution in [0.5, 0.6) is 5.75 Å². The Bertz CT molecular complexity index is 1100. The van der Waals surface area contributed by atoms with E-state index in [4.69, 9.17) is 4.74 Å². The van der Waals surface area contributed by atoms with Crippen LogP contribution >= 0.6 is 0 Å². The minimum absolute atomic E-state index is 0.185. The number of halogens is 2. The molecule has 0 radical (unpaired) electrons. The highest BCUT2D eigenvalue weighted by Gasteiger charge is 2.20. The van der Waals surface area contributed by atoms with Gasteiger partial charge in [-0.1, -0.05) is 12.1 Å². The maximum absolute atomic E-state index is 14.8. The third kappa shape index (κ3) is 4.09. The number of sulfonamides is 1. The molecule has 8 nitrogen and oxygen atoms in total. The molecule has 0 fully saturated rings. The Balaban J connectivity index is 2.00. The van der Waals surface area contributed by atoms with Gasteiger partial charge in [0.2, 0.25) is 10.0 Å². The lowest BCUT2D eigenvalue weighted by atomic mass is 10.2. The van der Waals surface area contributed by atoms with Gasteiger partial charge in [0.05, 0.1) is 30.9 Å². The fraction of sp³-hybridized carbons (Fsp3) is 0.235. The van der Waals surface area contributed by atoms with Crippen LogP contribution in [0.25, 0.3) is 16.9 Å². The van der Waals surface area contributed by atoms with Crippen LogP contribution in [0.1, 0.15) is 13.3 Å². The van der Waals surface area contributed by atoms with Crippen LogP contribution < -0.4 is 9.46 Å². The molecule has 0 saturated heterocycles. The van der Waals surface area contributed by atoms with E-state index >= 15 is 0 Å². The molecule has 0 aliphatic heterocycles. The highest BCUT2D eigenvalue weighted by atomic mass is 32.2. The van der Waals surface area contributed by atoms with Gasteiger partial charge in [0.15, 0.2) is 11.6 Å². The first-order valence-electron chi connectivity index (χ1n) is 8.25. The summed E-state index contributed by atoms with van der Waals surface area (Å²) in [7, 11) is -2.26. The van der Waals surface area contributed by atoms with Crippen LogP contribution in [0.4, 0.5) is 14.5 Å². The van der Waals surface area contributed by atoms with E-state index in [-0.39, 0.29) is 11.4 Å². The first kappa shape index (κ1) is 19.7. The van der Waals surface area contributed by atoms with Crippen molar-refractivity contribution < 1.29 is 21.9 Å². The number of rotatable bonds is 7. The van der Waals surface area contributed by atoms with Gasteiger partial charge in [-0.15, -0.1) is 5.10 Å². The minimum Gasteiger partial charge on any atom is -0.495 e. The number of pyridine rings is 1. The van der Waals surface area contributed by atoms with E-state index in [0.717, 1.165) is 16.8 Å². The zero-order valence-corrected chi connectivity index (χ0v) is 15.9. The van der Waals surface area contributed by atoms with E-state index in [2.05, 4.69) is 20.0 Å². The molecule has 0 bridgehead atoms. The lowest BCUT2D eigenvalue weighted by Gasteiger charge is -2.11. The smallest absolute Gasteiger partial charge is 0.232 e. The highest BCUT2D eigenvalue weighted by Crippen LogP contribution is 2.27. The van der Waals surface area contributed by atoms with Crippen molar-refractivity contribution in [1.82, 2.24) is 20.0 Å². The summed E-state index contributed by atoms with van der Waals surface area (Å²) in [5.74, 6) is -1.72. The Morgan fingerprint density at radius 3 is 2.75 bits per heavy atom. The van der Waals surface area contributed by atoms with Gasteiger partial charge in [0.1, 0.15) is 17.1 Å². The molecule has 0 spiro atoms. The van der Waals surface area contributed by atoms with Crippen LogP contribution in [0.15, 0.2) is 36.8 Å². The molecule has 28 heavy (non-hydrogen) atoms. The van der Waals surface area contributed by atoms with Crippen LogP contribution in [-0.4, -0.2) is 41.3 Å². The number of hydrogen-bond donors (Lipinski definition) is 1. The summed E-state index contributed by atoms with van der Waals surface area (Å²) in [6, 6.07) is 3.62. The molecule has 0 aliphatic carbocycles. The Morgan fingerprint density at radius 1 is 1.25 bits per heavy atom. The molecule has 0 aliphatic rings. The number of benzene rings is 1. The van der Waals surface area contributed by atoms with Gasteiger partial charge >= 0.3 is 0 Å². The predicted molar refractivity (Wildman–Crippen MR) is 98.8 cm³/mol. The van der Waals surface area contributed by atoms with Crippen LogP contribution in [0.2, 0.25) is 0 Å². The number of nitrogens with zero attached hydrogens (tertiary/aromatic N) is 4. The van der Waals surface area contributed by atoms with Gasteiger partial charge < -0.3 is 4.74 Å². The van der Waals surface area contributed by atoms with Gasteiger partial charge in [-0.05, 0) is 24.6 Å². The average molecular weight is 409 g/mol. The molecular formula is C17H17F2N5O3S. The SMILES string of the molecule is CCCS(=O)(=O)Nc1ccc(F)c(-n2cc(-c3cncc(OC)c3)nn2)c1F. The Morgan fingerprint density at radius 2 is 2.04 bits per heavy atom. The summed E-state index contributed by atoms with van der Waals surface area (Å²) >= 11 is 0. The minimum atomic E-state index is -3.74. The van der Waals surface area contributed by atoms with Crippen LogP contribution in [0, 0.1) is 11.6 Å². The quantitative estimate of drug-likeness (QED) is 0.644. The molecule has 0 unspecified atom stereocenters. The molecule has 0 saturated carbocycles. The predicted octanol–water partition coefficient (Wildman–Crippen LogP) is 2.77. The summed E-state index contributed by atoms with van der Waals surface area (Å²) in [6.45, 7) is 1.68. The topological polar surface area (TPSA) is 99.0 Å². The van der Waals surface area contributed by atoms with Crippen molar-refractivity contribution in [3.05, 3.63) is 48.4 Å².